The molecule has 1 heterocycles. The Labute approximate surface area is 125 Å². The smallest absolute Gasteiger partial charge is 0.255 e. The number of nitrogens with one attached hydrogen (secondary N) is 1. The van der Waals surface area contributed by atoms with E-state index in [4.69, 9.17) is 0 Å². The molecular formula is C15H12N2OS2. The zero-order valence-corrected chi connectivity index (χ0v) is 12.4. The van der Waals surface area contributed by atoms with Crippen molar-refractivity contribution in [1.82, 2.24) is 4.98 Å². The van der Waals surface area contributed by atoms with E-state index in [9.17, 15) is 4.79 Å². The number of nitrogens with zero attached hydrogens (tertiary/aromatic N) is 1. The molecule has 5 heteroatoms. The first-order valence-electron chi connectivity index (χ1n) is 6.05. The fourth-order valence-corrected chi connectivity index (χ4v) is 3.08. The molecule has 0 spiro atoms. The first kappa shape index (κ1) is 13.1. The van der Waals surface area contributed by atoms with Gasteiger partial charge in [0.25, 0.3) is 5.91 Å². The Morgan fingerprint density at radius 1 is 1.25 bits per heavy atom. The van der Waals surface area contributed by atoms with Crippen molar-refractivity contribution in [2.75, 3.05) is 11.6 Å². The topological polar surface area (TPSA) is 42.0 Å². The molecule has 0 aliphatic heterocycles. The molecule has 0 atom stereocenters. The summed E-state index contributed by atoms with van der Waals surface area (Å²) in [5.41, 5.74) is 4.17. The van der Waals surface area contributed by atoms with Crippen molar-refractivity contribution >= 4 is 44.9 Å². The molecule has 0 bridgehead atoms. The molecule has 0 fully saturated rings. The van der Waals surface area contributed by atoms with Crippen LogP contribution < -0.4 is 5.32 Å². The second-order valence-electron chi connectivity index (χ2n) is 4.22. The van der Waals surface area contributed by atoms with Crippen LogP contribution in [-0.2, 0) is 0 Å². The molecule has 0 saturated carbocycles. The van der Waals surface area contributed by atoms with Crippen molar-refractivity contribution < 1.29 is 4.79 Å². The predicted molar refractivity (Wildman–Crippen MR) is 85.8 cm³/mol. The van der Waals surface area contributed by atoms with Gasteiger partial charge in [-0.25, -0.2) is 4.98 Å². The van der Waals surface area contributed by atoms with E-state index in [0.717, 1.165) is 20.8 Å². The number of hydrogen-bond donors (Lipinski definition) is 1. The molecule has 0 saturated heterocycles. The van der Waals surface area contributed by atoms with Crippen LogP contribution in [0.5, 0.6) is 0 Å². The third-order valence-corrected chi connectivity index (χ3v) is 4.44. The SMILES string of the molecule is CSc1cccc(NC(=O)c2ccc3ncsc3c2)c1. The molecule has 3 rings (SSSR count). The van der Waals surface area contributed by atoms with Crippen LogP contribution in [0.4, 0.5) is 5.69 Å². The molecule has 1 N–H and O–H groups in total. The lowest BCUT2D eigenvalue weighted by atomic mass is 10.2. The zero-order valence-electron chi connectivity index (χ0n) is 10.8. The maximum absolute atomic E-state index is 12.2. The summed E-state index contributed by atoms with van der Waals surface area (Å²) in [5, 5.41) is 2.92. The van der Waals surface area contributed by atoms with Gasteiger partial charge in [0.2, 0.25) is 0 Å². The molecule has 1 aromatic heterocycles. The Hall–Kier alpha value is -1.85. The monoisotopic (exact) mass is 300 g/mol. The summed E-state index contributed by atoms with van der Waals surface area (Å²) in [4.78, 5) is 17.6. The van der Waals surface area contributed by atoms with Crippen molar-refractivity contribution in [2.24, 2.45) is 0 Å². The van der Waals surface area contributed by atoms with Crippen LogP contribution in [0.1, 0.15) is 10.4 Å². The van der Waals surface area contributed by atoms with E-state index >= 15 is 0 Å². The molecule has 3 aromatic rings. The maximum Gasteiger partial charge on any atom is 0.255 e. The number of hydrogen-bond acceptors (Lipinski definition) is 4. The number of anilines is 1. The van der Waals surface area contributed by atoms with E-state index < -0.39 is 0 Å². The average Bonchev–Trinajstić information content (AvgIpc) is 2.94. The normalized spacial score (nSPS) is 10.7. The molecule has 0 unspecified atom stereocenters. The van der Waals surface area contributed by atoms with Crippen LogP contribution >= 0.6 is 23.1 Å². The average molecular weight is 300 g/mol. The Balaban J connectivity index is 1.84. The Morgan fingerprint density at radius 2 is 2.15 bits per heavy atom. The summed E-state index contributed by atoms with van der Waals surface area (Å²) < 4.78 is 1.02. The van der Waals surface area contributed by atoms with Crippen LogP contribution in [0.2, 0.25) is 0 Å². The lowest BCUT2D eigenvalue weighted by Crippen LogP contribution is -2.11. The van der Waals surface area contributed by atoms with Crippen LogP contribution in [0, 0.1) is 0 Å². The number of thioether (sulfide) groups is 1. The Bertz CT molecular complexity index is 767. The first-order chi connectivity index (χ1) is 9.76. The van der Waals surface area contributed by atoms with Gasteiger partial charge in [-0.1, -0.05) is 6.07 Å². The molecule has 0 aliphatic carbocycles. The van der Waals surface area contributed by atoms with Gasteiger partial charge in [-0.05, 0) is 42.7 Å². The van der Waals surface area contributed by atoms with Crippen molar-refractivity contribution in [3.63, 3.8) is 0 Å². The second-order valence-corrected chi connectivity index (χ2v) is 5.99. The fraction of sp³-hybridized carbons (Fsp3) is 0.0667. The van der Waals surface area contributed by atoms with E-state index in [1.165, 1.54) is 11.3 Å². The molecule has 0 radical (unpaired) electrons. The van der Waals surface area contributed by atoms with E-state index in [1.54, 1.807) is 23.3 Å². The van der Waals surface area contributed by atoms with Crippen LogP contribution in [0.15, 0.2) is 52.9 Å². The molecular weight excluding hydrogens is 288 g/mol. The minimum Gasteiger partial charge on any atom is -0.322 e. The first-order valence-corrected chi connectivity index (χ1v) is 8.15. The number of amides is 1. The largest absolute Gasteiger partial charge is 0.322 e. The van der Waals surface area contributed by atoms with Crippen LogP contribution in [0.3, 0.4) is 0 Å². The molecule has 0 aliphatic rings. The summed E-state index contributed by atoms with van der Waals surface area (Å²) in [6.07, 6.45) is 2.01. The summed E-state index contributed by atoms with van der Waals surface area (Å²) in [5.74, 6) is -0.0986. The summed E-state index contributed by atoms with van der Waals surface area (Å²) >= 11 is 3.19. The highest BCUT2D eigenvalue weighted by Crippen LogP contribution is 2.22. The lowest BCUT2D eigenvalue weighted by molar-refractivity contribution is 0.102. The van der Waals surface area contributed by atoms with Crippen LogP contribution in [0.25, 0.3) is 10.2 Å². The van der Waals surface area contributed by atoms with Gasteiger partial charge >= 0.3 is 0 Å². The Kier molecular flexibility index (Phi) is 3.71. The number of carbonyl (C=O) groups excluding carboxylic acids is 1. The molecule has 2 aromatic carbocycles. The number of thiazole rings is 1. The highest BCUT2D eigenvalue weighted by atomic mass is 32.2. The Morgan fingerprint density at radius 3 is 3.00 bits per heavy atom. The molecule has 1 amide bonds. The van der Waals surface area contributed by atoms with E-state index in [1.807, 2.05) is 42.7 Å². The number of carbonyl (C=O) groups is 1. The van der Waals surface area contributed by atoms with Gasteiger partial charge in [-0.15, -0.1) is 23.1 Å². The molecule has 3 nitrogen and oxygen atoms in total. The number of aromatic nitrogens is 1. The third kappa shape index (κ3) is 2.69. The van der Waals surface area contributed by atoms with Gasteiger partial charge in [0.1, 0.15) is 0 Å². The summed E-state index contributed by atoms with van der Waals surface area (Å²) in [7, 11) is 0. The number of benzene rings is 2. The second kappa shape index (κ2) is 5.64. The molecule has 100 valence electrons. The van der Waals surface area contributed by atoms with Crippen molar-refractivity contribution in [3.8, 4) is 0 Å². The number of rotatable bonds is 3. The van der Waals surface area contributed by atoms with E-state index in [-0.39, 0.29) is 5.91 Å². The van der Waals surface area contributed by atoms with Gasteiger partial charge in [0, 0.05) is 16.1 Å². The van der Waals surface area contributed by atoms with Crippen molar-refractivity contribution in [3.05, 3.63) is 53.5 Å². The summed E-state index contributed by atoms with van der Waals surface area (Å²) in [6, 6.07) is 13.4. The number of fused-ring (bicyclic) bond motifs is 1. The lowest BCUT2D eigenvalue weighted by Gasteiger charge is -2.06. The highest BCUT2D eigenvalue weighted by Gasteiger charge is 2.08. The minimum atomic E-state index is -0.0986. The van der Waals surface area contributed by atoms with E-state index in [0.29, 0.717) is 5.56 Å². The highest BCUT2D eigenvalue weighted by molar-refractivity contribution is 7.98. The third-order valence-electron chi connectivity index (χ3n) is 2.92. The minimum absolute atomic E-state index is 0.0986. The quantitative estimate of drug-likeness (QED) is 0.734. The standard InChI is InChI=1S/C15H12N2OS2/c1-19-12-4-2-3-11(8-12)17-15(18)10-5-6-13-14(7-10)20-9-16-13/h2-9H,1H3,(H,17,18). The predicted octanol–water partition coefficient (Wildman–Crippen LogP) is 4.27. The van der Waals surface area contributed by atoms with Gasteiger partial charge in [0.15, 0.2) is 0 Å². The fourth-order valence-electron chi connectivity index (χ4n) is 1.90. The van der Waals surface area contributed by atoms with Gasteiger partial charge < -0.3 is 5.32 Å². The zero-order chi connectivity index (χ0) is 13.9. The molecule has 20 heavy (non-hydrogen) atoms. The van der Waals surface area contributed by atoms with Crippen molar-refractivity contribution in [1.29, 1.82) is 0 Å². The van der Waals surface area contributed by atoms with Gasteiger partial charge in [0.05, 0.1) is 15.7 Å². The van der Waals surface area contributed by atoms with E-state index in [2.05, 4.69) is 10.3 Å². The van der Waals surface area contributed by atoms with Crippen LogP contribution in [-0.4, -0.2) is 17.1 Å². The summed E-state index contributed by atoms with van der Waals surface area (Å²) in [6.45, 7) is 0. The van der Waals surface area contributed by atoms with Gasteiger partial charge in [-0.3, -0.25) is 4.79 Å². The maximum atomic E-state index is 12.2. The van der Waals surface area contributed by atoms with Crippen molar-refractivity contribution in [2.45, 2.75) is 4.90 Å². The van der Waals surface area contributed by atoms with Gasteiger partial charge in [-0.2, -0.15) is 0 Å².